The number of carbonyl (C=O) groups excluding carboxylic acids is 1. The van der Waals surface area contributed by atoms with Crippen molar-refractivity contribution in [1.29, 1.82) is 0 Å². The first-order valence-electron chi connectivity index (χ1n) is 5.33. The molecule has 0 spiro atoms. The minimum atomic E-state index is -0.698. The summed E-state index contributed by atoms with van der Waals surface area (Å²) < 4.78 is -0.0338. The van der Waals surface area contributed by atoms with E-state index in [1.54, 1.807) is 19.9 Å². The van der Waals surface area contributed by atoms with Crippen molar-refractivity contribution in [1.82, 2.24) is 4.98 Å². The van der Waals surface area contributed by atoms with Gasteiger partial charge in [-0.3, -0.25) is 14.9 Å². The highest BCUT2D eigenvalue weighted by molar-refractivity contribution is 9.10. The predicted octanol–water partition coefficient (Wildman–Crippen LogP) is 3.32. The molecule has 0 saturated heterocycles. The lowest BCUT2D eigenvalue weighted by atomic mass is 10.2. The second-order valence-corrected chi connectivity index (χ2v) is 7.37. The van der Waals surface area contributed by atoms with E-state index in [1.807, 2.05) is 0 Å². The van der Waals surface area contributed by atoms with Crippen LogP contribution in [-0.4, -0.2) is 20.1 Å². The number of nitro groups is 1. The number of alkyl halides is 1. The second kappa shape index (κ2) is 4.86. The van der Waals surface area contributed by atoms with Crippen LogP contribution in [0.25, 0.3) is 10.2 Å². The molecule has 1 N–H and O–H groups in total. The minimum absolute atomic E-state index is 0.00912. The lowest BCUT2D eigenvalue weighted by Crippen LogP contribution is -2.30. The molecule has 6 nitrogen and oxygen atoms in total. The van der Waals surface area contributed by atoms with Crippen LogP contribution in [0.15, 0.2) is 18.2 Å². The highest BCUT2D eigenvalue weighted by Gasteiger charge is 2.24. The summed E-state index contributed by atoms with van der Waals surface area (Å²) in [4.78, 5) is 26.2. The molecule has 2 rings (SSSR count). The molecule has 2 aromatic rings. The topological polar surface area (TPSA) is 85.1 Å². The molecule has 0 radical (unpaired) electrons. The molecule has 0 bridgehead atoms. The maximum absolute atomic E-state index is 11.8. The van der Waals surface area contributed by atoms with Crippen LogP contribution in [0, 0.1) is 10.1 Å². The molecular formula is C11H10BrN3O3S. The third-order valence-electron chi connectivity index (χ3n) is 2.34. The van der Waals surface area contributed by atoms with Gasteiger partial charge in [-0.2, -0.15) is 0 Å². The first-order valence-corrected chi connectivity index (χ1v) is 6.93. The van der Waals surface area contributed by atoms with Crippen LogP contribution >= 0.6 is 27.3 Å². The molecule has 0 aliphatic rings. The molecule has 0 unspecified atom stereocenters. The average Bonchev–Trinajstić information content (AvgIpc) is 2.68. The maximum Gasteiger partial charge on any atom is 0.270 e. The minimum Gasteiger partial charge on any atom is -0.301 e. The van der Waals surface area contributed by atoms with Crippen LogP contribution < -0.4 is 5.32 Å². The van der Waals surface area contributed by atoms with E-state index in [1.165, 1.54) is 23.5 Å². The van der Waals surface area contributed by atoms with Crippen LogP contribution in [0.4, 0.5) is 10.8 Å². The normalized spacial score (nSPS) is 11.5. The van der Waals surface area contributed by atoms with E-state index >= 15 is 0 Å². The van der Waals surface area contributed by atoms with Gasteiger partial charge in [0.25, 0.3) is 5.69 Å². The number of fused-ring (bicyclic) bond motifs is 1. The fourth-order valence-corrected chi connectivity index (χ4v) is 2.32. The molecule has 0 aliphatic carbocycles. The number of aromatic nitrogens is 1. The first kappa shape index (κ1) is 13.9. The van der Waals surface area contributed by atoms with Crippen molar-refractivity contribution in [2.45, 2.75) is 18.2 Å². The van der Waals surface area contributed by atoms with Gasteiger partial charge in [-0.1, -0.05) is 27.3 Å². The Morgan fingerprint density at radius 1 is 1.53 bits per heavy atom. The number of hydrogen-bond acceptors (Lipinski definition) is 5. The van der Waals surface area contributed by atoms with E-state index in [4.69, 9.17) is 0 Å². The lowest BCUT2D eigenvalue weighted by molar-refractivity contribution is -0.384. The van der Waals surface area contributed by atoms with Gasteiger partial charge in [-0.15, -0.1) is 0 Å². The third kappa shape index (κ3) is 3.07. The molecule has 1 aromatic heterocycles. The van der Waals surface area contributed by atoms with Gasteiger partial charge in [0.15, 0.2) is 5.13 Å². The standard InChI is InChI=1S/C11H10BrN3O3S/c1-11(2,12)9(16)14-10-13-7-4-3-6(15(17)18)5-8(7)19-10/h3-5H,1-2H3,(H,13,14,16). The number of halogens is 1. The maximum atomic E-state index is 11.8. The molecule has 8 heteroatoms. The number of benzene rings is 1. The number of rotatable bonds is 3. The van der Waals surface area contributed by atoms with Crippen molar-refractivity contribution >= 4 is 54.2 Å². The number of non-ortho nitro benzene ring substituents is 1. The summed E-state index contributed by atoms with van der Waals surface area (Å²) in [6, 6.07) is 4.41. The van der Waals surface area contributed by atoms with Gasteiger partial charge in [0, 0.05) is 12.1 Å². The number of nitrogens with one attached hydrogen (secondary N) is 1. The van der Waals surface area contributed by atoms with E-state index in [0.29, 0.717) is 15.3 Å². The van der Waals surface area contributed by atoms with Crippen LogP contribution in [-0.2, 0) is 4.79 Å². The summed E-state index contributed by atoms with van der Waals surface area (Å²) >= 11 is 4.46. The number of thiazole rings is 1. The van der Waals surface area contributed by atoms with Crippen molar-refractivity contribution < 1.29 is 9.72 Å². The smallest absolute Gasteiger partial charge is 0.270 e. The summed E-state index contributed by atoms with van der Waals surface area (Å²) in [5.74, 6) is -0.221. The molecule has 0 saturated carbocycles. The zero-order valence-corrected chi connectivity index (χ0v) is 12.5. The summed E-state index contributed by atoms with van der Waals surface area (Å²) in [6.07, 6.45) is 0. The van der Waals surface area contributed by atoms with E-state index in [0.717, 1.165) is 0 Å². The Morgan fingerprint density at radius 3 is 2.79 bits per heavy atom. The van der Waals surface area contributed by atoms with E-state index in [-0.39, 0.29) is 11.6 Å². The number of nitrogens with zero attached hydrogens (tertiary/aromatic N) is 2. The molecule has 1 heterocycles. The summed E-state index contributed by atoms with van der Waals surface area (Å²) in [5, 5.41) is 13.8. The zero-order chi connectivity index (χ0) is 14.2. The quantitative estimate of drug-likeness (QED) is 0.526. The number of amides is 1. The van der Waals surface area contributed by atoms with Gasteiger partial charge in [-0.05, 0) is 19.9 Å². The lowest BCUT2D eigenvalue weighted by Gasteiger charge is -2.13. The highest BCUT2D eigenvalue weighted by Crippen LogP contribution is 2.30. The van der Waals surface area contributed by atoms with Crippen LogP contribution in [0.2, 0.25) is 0 Å². The fourth-order valence-electron chi connectivity index (χ4n) is 1.33. The first-order chi connectivity index (χ1) is 8.77. The van der Waals surface area contributed by atoms with Gasteiger partial charge in [-0.25, -0.2) is 4.98 Å². The van der Waals surface area contributed by atoms with Gasteiger partial charge in [0.05, 0.1) is 19.5 Å². The monoisotopic (exact) mass is 343 g/mol. The van der Waals surface area contributed by atoms with Gasteiger partial charge >= 0.3 is 0 Å². The van der Waals surface area contributed by atoms with E-state index in [9.17, 15) is 14.9 Å². The number of anilines is 1. The molecule has 0 atom stereocenters. The number of carbonyl (C=O) groups is 1. The molecule has 1 aromatic carbocycles. The Morgan fingerprint density at radius 2 is 2.21 bits per heavy atom. The van der Waals surface area contributed by atoms with Crippen LogP contribution in [0.1, 0.15) is 13.8 Å². The zero-order valence-electron chi connectivity index (χ0n) is 10.1. The summed E-state index contributed by atoms with van der Waals surface area (Å²) in [6.45, 7) is 3.45. The van der Waals surface area contributed by atoms with Crippen molar-refractivity contribution in [3.8, 4) is 0 Å². The largest absolute Gasteiger partial charge is 0.301 e. The molecule has 19 heavy (non-hydrogen) atoms. The SMILES string of the molecule is CC(C)(Br)C(=O)Nc1nc2ccc([N+](=O)[O-])cc2s1. The van der Waals surface area contributed by atoms with E-state index < -0.39 is 9.25 Å². The van der Waals surface area contributed by atoms with Crippen molar-refractivity contribution in [2.24, 2.45) is 0 Å². The van der Waals surface area contributed by atoms with Crippen LogP contribution in [0.5, 0.6) is 0 Å². The van der Waals surface area contributed by atoms with Gasteiger partial charge in [0.2, 0.25) is 5.91 Å². The van der Waals surface area contributed by atoms with Crippen LogP contribution in [0.3, 0.4) is 0 Å². The summed E-state index contributed by atoms with van der Waals surface area (Å²) in [5.41, 5.74) is 0.633. The van der Waals surface area contributed by atoms with Crippen molar-refractivity contribution in [3.05, 3.63) is 28.3 Å². The van der Waals surface area contributed by atoms with Gasteiger partial charge in [0.1, 0.15) is 0 Å². The average molecular weight is 344 g/mol. The predicted molar refractivity (Wildman–Crippen MR) is 77.9 cm³/mol. The van der Waals surface area contributed by atoms with Crippen molar-refractivity contribution in [2.75, 3.05) is 5.32 Å². The molecule has 0 fully saturated rings. The molecule has 100 valence electrons. The third-order valence-corrected chi connectivity index (χ3v) is 3.64. The van der Waals surface area contributed by atoms with Gasteiger partial charge < -0.3 is 5.32 Å². The number of nitro benzene ring substituents is 1. The summed E-state index contributed by atoms with van der Waals surface area (Å²) in [7, 11) is 0. The highest BCUT2D eigenvalue weighted by atomic mass is 79.9. The Labute approximate surface area is 121 Å². The molecule has 1 amide bonds. The number of hydrogen-bond donors (Lipinski definition) is 1. The fraction of sp³-hybridized carbons (Fsp3) is 0.273. The van der Waals surface area contributed by atoms with E-state index in [2.05, 4.69) is 26.2 Å². The Hall–Kier alpha value is -1.54. The van der Waals surface area contributed by atoms with Crippen molar-refractivity contribution in [3.63, 3.8) is 0 Å². The molecule has 0 aliphatic heterocycles. The molecular weight excluding hydrogens is 334 g/mol. The Balaban J connectivity index is 2.32. The Bertz CT molecular complexity index is 663. The second-order valence-electron chi connectivity index (χ2n) is 4.35. The Kier molecular flexibility index (Phi) is 3.55.